The highest BCUT2D eigenvalue weighted by molar-refractivity contribution is 7.99. The molecule has 0 radical (unpaired) electrons. The van der Waals surface area contributed by atoms with Crippen molar-refractivity contribution in [3.63, 3.8) is 0 Å². The predicted octanol–water partition coefficient (Wildman–Crippen LogP) is 3.69. The van der Waals surface area contributed by atoms with Gasteiger partial charge in [-0.3, -0.25) is 0 Å². The third-order valence-corrected chi connectivity index (χ3v) is 3.49. The normalized spacial score (nSPS) is 13.1. The number of hydrogen-bond acceptors (Lipinski definition) is 2. The van der Waals surface area contributed by atoms with Crippen LogP contribution in [0.15, 0.2) is 0 Å². The lowest BCUT2D eigenvalue weighted by Gasteiger charge is -2.12. The lowest BCUT2D eigenvalue weighted by Crippen LogP contribution is -2.29. The Morgan fingerprint density at radius 1 is 1.07 bits per heavy atom. The number of hydrogen-bond donors (Lipinski definition) is 1. The van der Waals surface area contributed by atoms with Gasteiger partial charge in [0.15, 0.2) is 0 Å². The van der Waals surface area contributed by atoms with Gasteiger partial charge < -0.3 is 5.32 Å². The van der Waals surface area contributed by atoms with Gasteiger partial charge in [-0.15, -0.1) is 0 Å². The SMILES string of the molecule is CCCCCCCNC(C)CSCC. The van der Waals surface area contributed by atoms with Gasteiger partial charge in [0, 0.05) is 11.8 Å². The maximum atomic E-state index is 3.57. The second kappa shape index (κ2) is 11.4. The zero-order chi connectivity index (χ0) is 10.6. The first-order valence-corrected chi connectivity index (χ1v) is 7.27. The van der Waals surface area contributed by atoms with Crippen molar-refractivity contribution in [1.29, 1.82) is 0 Å². The van der Waals surface area contributed by atoms with Gasteiger partial charge in [0.1, 0.15) is 0 Å². The fourth-order valence-corrected chi connectivity index (χ4v) is 2.14. The molecule has 0 saturated heterocycles. The second-order valence-corrected chi connectivity index (χ2v) is 5.25. The Hall–Kier alpha value is 0.310. The molecule has 1 unspecified atom stereocenters. The molecule has 0 aliphatic carbocycles. The summed E-state index contributed by atoms with van der Waals surface area (Å²) in [6, 6.07) is 0.686. The van der Waals surface area contributed by atoms with Gasteiger partial charge in [0.25, 0.3) is 0 Å². The van der Waals surface area contributed by atoms with Gasteiger partial charge in [0.2, 0.25) is 0 Å². The van der Waals surface area contributed by atoms with Gasteiger partial charge in [-0.05, 0) is 25.6 Å². The largest absolute Gasteiger partial charge is 0.313 e. The summed E-state index contributed by atoms with van der Waals surface area (Å²) in [5.74, 6) is 2.49. The van der Waals surface area contributed by atoms with Crippen LogP contribution in [0.3, 0.4) is 0 Å². The third kappa shape index (κ3) is 10.4. The van der Waals surface area contributed by atoms with Crippen molar-refractivity contribution in [2.75, 3.05) is 18.1 Å². The Balaban J connectivity index is 3.02. The van der Waals surface area contributed by atoms with Crippen molar-refractivity contribution in [3.8, 4) is 0 Å². The van der Waals surface area contributed by atoms with Gasteiger partial charge in [0.05, 0.1) is 0 Å². The zero-order valence-corrected chi connectivity index (χ0v) is 11.0. The summed E-state index contributed by atoms with van der Waals surface area (Å²) in [7, 11) is 0. The van der Waals surface area contributed by atoms with Crippen LogP contribution in [0, 0.1) is 0 Å². The quantitative estimate of drug-likeness (QED) is 0.560. The molecular formula is C12H27NS. The van der Waals surface area contributed by atoms with Crippen LogP contribution in [0.1, 0.15) is 52.9 Å². The Morgan fingerprint density at radius 2 is 1.79 bits per heavy atom. The lowest BCUT2D eigenvalue weighted by atomic mass is 10.1. The van der Waals surface area contributed by atoms with E-state index in [-0.39, 0.29) is 0 Å². The summed E-state index contributed by atoms with van der Waals surface area (Å²) in [6.45, 7) is 7.98. The van der Waals surface area contributed by atoms with Crippen molar-refractivity contribution in [1.82, 2.24) is 5.32 Å². The molecule has 14 heavy (non-hydrogen) atoms. The van der Waals surface area contributed by atoms with Crippen LogP contribution in [-0.2, 0) is 0 Å². The van der Waals surface area contributed by atoms with Crippen LogP contribution in [-0.4, -0.2) is 24.1 Å². The van der Waals surface area contributed by atoms with Gasteiger partial charge in [-0.1, -0.05) is 39.5 Å². The summed E-state index contributed by atoms with van der Waals surface area (Å²) in [4.78, 5) is 0. The van der Waals surface area contributed by atoms with Crippen molar-refractivity contribution >= 4 is 11.8 Å². The van der Waals surface area contributed by atoms with E-state index >= 15 is 0 Å². The molecule has 1 nitrogen and oxygen atoms in total. The average Bonchev–Trinajstić information content (AvgIpc) is 2.20. The third-order valence-electron chi connectivity index (χ3n) is 2.35. The smallest absolute Gasteiger partial charge is 0.0129 e. The Kier molecular flexibility index (Phi) is 11.6. The summed E-state index contributed by atoms with van der Waals surface area (Å²) >= 11 is 2.03. The van der Waals surface area contributed by atoms with Crippen molar-refractivity contribution in [3.05, 3.63) is 0 Å². The molecule has 0 heterocycles. The van der Waals surface area contributed by atoms with E-state index in [4.69, 9.17) is 0 Å². The van der Waals surface area contributed by atoms with Crippen LogP contribution >= 0.6 is 11.8 Å². The molecule has 0 fully saturated rings. The van der Waals surface area contributed by atoms with Crippen molar-refractivity contribution < 1.29 is 0 Å². The molecule has 0 saturated carbocycles. The molecule has 0 aliphatic heterocycles. The standard InChI is InChI=1S/C12H27NS/c1-4-6-7-8-9-10-13-12(3)11-14-5-2/h12-13H,4-11H2,1-3H3. The molecule has 0 bridgehead atoms. The molecular weight excluding hydrogens is 190 g/mol. The first-order valence-electron chi connectivity index (χ1n) is 6.12. The van der Waals surface area contributed by atoms with Crippen LogP contribution < -0.4 is 5.32 Å². The number of thioether (sulfide) groups is 1. The molecule has 0 rings (SSSR count). The Morgan fingerprint density at radius 3 is 2.43 bits per heavy atom. The lowest BCUT2D eigenvalue weighted by molar-refractivity contribution is 0.544. The van der Waals surface area contributed by atoms with Crippen molar-refractivity contribution in [2.45, 2.75) is 58.9 Å². The number of nitrogens with one attached hydrogen (secondary N) is 1. The van der Waals surface area contributed by atoms with Gasteiger partial charge in [-0.25, -0.2) is 0 Å². The van der Waals surface area contributed by atoms with Crippen LogP contribution in [0.4, 0.5) is 0 Å². The second-order valence-electron chi connectivity index (χ2n) is 3.93. The summed E-state index contributed by atoms with van der Waals surface area (Å²) in [5, 5.41) is 3.57. The highest BCUT2D eigenvalue weighted by Gasteiger charge is 1.99. The summed E-state index contributed by atoms with van der Waals surface area (Å²) in [5.41, 5.74) is 0. The van der Waals surface area contributed by atoms with E-state index in [9.17, 15) is 0 Å². The van der Waals surface area contributed by atoms with Crippen LogP contribution in [0.25, 0.3) is 0 Å². The summed E-state index contributed by atoms with van der Waals surface area (Å²) in [6.07, 6.45) is 6.91. The predicted molar refractivity (Wildman–Crippen MR) is 69.2 cm³/mol. The maximum Gasteiger partial charge on any atom is 0.0129 e. The maximum absolute atomic E-state index is 3.57. The van der Waals surface area contributed by atoms with Gasteiger partial charge in [-0.2, -0.15) is 11.8 Å². The minimum absolute atomic E-state index is 0.686. The molecule has 1 atom stereocenters. The van der Waals surface area contributed by atoms with E-state index in [1.54, 1.807) is 0 Å². The van der Waals surface area contributed by atoms with E-state index in [0.29, 0.717) is 6.04 Å². The van der Waals surface area contributed by atoms with E-state index in [0.717, 1.165) is 0 Å². The monoisotopic (exact) mass is 217 g/mol. The highest BCUT2D eigenvalue weighted by Crippen LogP contribution is 2.03. The number of unbranched alkanes of at least 4 members (excludes halogenated alkanes) is 4. The number of rotatable bonds is 10. The summed E-state index contributed by atoms with van der Waals surface area (Å²) < 4.78 is 0. The molecule has 0 amide bonds. The minimum Gasteiger partial charge on any atom is -0.313 e. The molecule has 0 spiro atoms. The topological polar surface area (TPSA) is 12.0 Å². The van der Waals surface area contributed by atoms with E-state index in [1.807, 2.05) is 11.8 Å². The molecule has 86 valence electrons. The molecule has 1 N–H and O–H groups in total. The van der Waals surface area contributed by atoms with Gasteiger partial charge >= 0.3 is 0 Å². The van der Waals surface area contributed by atoms with E-state index < -0.39 is 0 Å². The minimum atomic E-state index is 0.686. The fraction of sp³-hybridized carbons (Fsp3) is 1.00. The van der Waals surface area contributed by atoms with Crippen molar-refractivity contribution in [2.24, 2.45) is 0 Å². The van der Waals surface area contributed by atoms with E-state index in [2.05, 4.69) is 26.1 Å². The van der Waals surface area contributed by atoms with Crippen LogP contribution in [0.5, 0.6) is 0 Å². The first kappa shape index (κ1) is 14.3. The molecule has 0 aliphatic rings. The highest BCUT2D eigenvalue weighted by atomic mass is 32.2. The molecule has 0 aromatic rings. The first-order chi connectivity index (χ1) is 6.81. The fourth-order valence-electron chi connectivity index (χ4n) is 1.43. The van der Waals surface area contributed by atoms with Crippen LogP contribution in [0.2, 0.25) is 0 Å². The Labute approximate surface area is 94.4 Å². The van der Waals surface area contributed by atoms with E-state index in [1.165, 1.54) is 50.2 Å². The Bertz CT molecular complexity index is 106. The molecule has 0 aromatic heterocycles. The average molecular weight is 217 g/mol. The molecule has 2 heteroatoms. The zero-order valence-electron chi connectivity index (χ0n) is 10.1. The molecule has 0 aromatic carbocycles.